The second kappa shape index (κ2) is 4.29. The zero-order valence-electron chi connectivity index (χ0n) is 5.63. The molecule has 1 heteroatoms. The SMILES string of the molecule is Br/C=C/Cc1ccccc1. The Balaban J connectivity index is 2.59. The summed E-state index contributed by atoms with van der Waals surface area (Å²) in [4.78, 5) is 1.89. The molecule has 52 valence electrons. The number of benzene rings is 1. The highest BCUT2D eigenvalue weighted by atomic mass is 79.9. The van der Waals surface area contributed by atoms with Crippen LogP contribution in [-0.4, -0.2) is 0 Å². The van der Waals surface area contributed by atoms with Crippen molar-refractivity contribution in [2.24, 2.45) is 0 Å². The minimum absolute atomic E-state index is 1.01. The molecule has 0 unspecified atom stereocenters. The zero-order valence-corrected chi connectivity index (χ0v) is 7.21. The van der Waals surface area contributed by atoms with Crippen LogP contribution in [0.15, 0.2) is 41.4 Å². The maximum absolute atomic E-state index is 3.23. The number of hydrogen-bond donors (Lipinski definition) is 0. The molecule has 0 nitrogen and oxygen atoms in total. The van der Waals surface area contributed by atoms with Gasteiger partial charge in [-0.1, -0.05) is 52.3 Å². The minimum Gasteiger partial charge on any atom is -0.0732 e. The first-order chi connectivity index (χ1) is 4.93. The zero-order chi connectivity index (χ0) is 7.23. The Morgan fingerprint density at radius 2 is 1.90 bits per heavy atom. The van der Waals surface area contributed by atoms with Crippen molar-refractivity contribution < 1.29 is 0 Å². The van der Waals surface area contributed by atoms with Gasteiger partial charge < -0.3 is 0 Å². The van der Waals surface area contributed by atoms with Crippen LogP contribution >= 0.6 is 15.9 Å². The van der Waals surface area contributed by atoms with Crippen molar-refractivity contribution in [3.63, 3.8) is 0 Å². The molecule has 0 fully saturated rings. The fraction of sp³-hybridized carbons (Fsp3) is 0.111. The summed E-state index contributed by atoms with van der Waals surface area (Å²) in [7, 11) is 0. The fourth-order valence-corrected chi connectivity index (χ4v) is 0.982. The third-order valence-electron chi connectivity index (χ3n) is 1.29. The van der Waals surface area contributed by atoms with Gasteiger partial charge in [-0.25, -0.2) is 0 Å². The van der Waals surface area contributed by atoms with E-state index in [1.165, 1.54) is 5.56 Å². The molecule has 0 aliphatic carbocycles. The molecule has 0 aromatic heterocycles. The van der Waals surface area contributed by atoms with Crippen LogP contribution in [0.3, 0.4) is 0 Å². The van der Waals surface area contributed by atoms with E-state index in [2.05, 4.69) is 46.3 Å². The standard InChI is InChI=1S/C9H9Br/c10-8-4-7-9-5-2-1-3-6-9/h1-6,8H,7H2/b8-4+. The highest BCUT2D eigenvalue weighted by Crippen LogP contribution is 2.00. The quantitative estimate of drug-likeness (QED) is 0.683. The highest BCUT2D eigenvalue weighted by molar-refractivity contribution is 9.11. The normalized spacial score (nSPS) is 10.5. The lowest BCUT2D eigenvalue weighted by Crippen LogP contribution is -1.76. The third-order valence-corrected chi connectivity index (χ3v) is 1.66. The maximum Gasteiger partial charge on any atom is -0.00892 e. The lowest BCUT2D eigenvalue weighted by atomic mass is 10.2. The molecule has 1 aromatic carbocycles. The average Bonchev–Trinajstić information content (AvgIpc) is 2.03. The molecule has 0 spiro atoms. The Bertz CT molecular complexity index is 201. The molecule has 0 aliphatic heterocycles. The van der Waals surface area contributed by atoms with E-state index in [0.29, 0.717) is 0 Å². The van der Waals surface area contributed by atoms with E-state index in [0.717, 1.165) is 6.42 Å². The molecule has 0 saturated carbocycles. The van der Waals surface area contributed by atoms with E-state index < -0.39 is 0 Å². The summed E-state index contributed by atoms with van der Waals surface area (Å²) in [6.07, 6.45) is 3.08. The summed E-state index contributed by atoms with van der Waals surface area (Å²) >= 11 is 3.23. The van der Waals surface area contributed by atoms with Crippen LogP contribution in [0.1, 0.15) is 5.56 Å². The first-order valence-electron chi connectivity index (χ1n) is 3.22. The van der Waals surface area contributed by atoms with Crippen molar-refractivity contribution in [1.82, 2.24) is 0 Å². The maximum atomic E-state index is 3.23. The van der Waals surface area contributed by atoms with Crippen molar-refractivity contribution in [3.05, 3.63) is 47.0 Å². The van der Waals surface area contributed by atoms with Gasteiger partial charge in [0.25, 0.3) is 0 Å². The van der Waals surface area contributed by atoms with Crippen molar-refractivity contribution in [2.75, 3.05) is 0 Å². The van der Waals surface area contributed by atoms with Gasteiger partial charge in [-0.15, -0.1) is 0 Å². The second-order valence-electron chi connectivity index (χ2n) is 2.05. The van der Waals surface area contributed by atoms with Crippen molar-refractivity contribution in [2.45, 2.75) is 6.42 Å². The summed E-state index contributed by atoms with van der Waals surface area (Å²) in [6, 6.07) is 10.4. The number of hydrogen-bond acceptors (Lipinski definition) is 0. The van der Waals surface area contributed by atoms with Gasteiger partial charge in [-0.2, -0.15) is 0 Å². The number of halogens is 1. The van der Waals surface area contributed by atoms with Crippen molar-refractivity contribution in [1.29, 1.82) is 0 Å². The van der Waals surface area contributed by atoms with Crippen LogP contribution in [0.4, 0.5) is 0 Å². The molecule has 0 atom stereocenters. The Morgan fingerprint density at radius 1 is 1.20 bits per heavy atom. The van der Waals surface area contributed by atoms with E-state index in [1.807, 2.05) is 11.1 Å². The lowest BCUT2D eigenvalue weighted by Gasteiger charge is -1.91. The molecule has 0 heterocycles. The van der Waals surface area contributed by atoms with Crippen LogP contribution in [-0.2, 0) is 6.42 Å². The van der Waals surface area contributed by atoms with Crippen LogP contribution in [0.5, 0.6) is 0 Å². The minimum atomic E-state index is 1.01. The van der Waals surface area contributed by atoms with Crippen molar-refractivity contribution in [3.8, 4) is 0 Å². The van der Waals surface area contributed by atoms with Gasteiger partial charge >= 0.3 is 0 Å². The molecular formula is C9H9Br. The Kier molecular flexibility index (Phi) is 3.23. The Morgan fingerprint density at radius 3 is 2.50 bits per heavy atom. The summed E-state index contributed by atoms with van der Waals surface area (Å²) in [5.41, 5.74) is 1.35. The van der Waals surface area contributed by atoms with Gasteiger partial charge in [0.05, 0.1) is 0 Å². The molecule has 0 N–H and O–H groups in total. The summed E-state index contributed by atoms with van der Waals surface area (Å²) in [5.74, 6) is 0. The van der Waals surface area contributed by atoms with Crippen LogP contribution < -0.4 is 0 Å². The first kappa shape index (κ1) is 7.55. The van der Waals surface area contributed by atoms with E-state index in [4.69, 9.17) is 0 Å². The number of allylic oxidation sites excluding steroid dienone is 1. The van der Waals surface area contributed by atoms with E-state index in [1.54, 1.807) is 0 Å². The van der Waals surface area contributed by atoms with Crippen LogP contribution in [0, 0.1) is 0 Å². The molecule has 0 bridgehead atoms. The van der Waals surface area contributed by atoms with Gasteiger partial charge in [0.2, 0.25) is 0 Å². The van der Waals surface area contributed by atoms with Crippen LogP contribution in [0.2, 0.25) is 0 Å². The number of rotatable bonds is 2. The molecule has 0 saturated heterocycles. The van der Waals surface area contributed by atoms with Gasteiger partial charge in [0, 0.05) is 0 Å². The summed E-state index contributed by atoms with van der Waals surface area (Å²) in [6.45, 7) is 0. The van der Waals surface area contributed by atoms with E-state index in [-0.39, 0.29) is 0 Å². The predicted octanol–water partition coefficient (Wildman–Crippen LogP) is 3.14. The van der Waals surface area contributed by atoms with Gasteiger partial charge in [-0.3, -0.25) is 0 Å². The predicted molar refractivity (Wildman–Crippen MR) is 48.2 cm³/mol. The smallest absolute Gasteiger partial charge is 0.00892 e. The van der Waals surface area contributed by atoms with Crippen molar-refractivity contribution >= 4 is 15.9 Å². The lowest BCUT2D eigenvalue weighted by molar-refractivity contribution is 1.28. The Labute approximate surface area is 69.7 Å². The van der Waals surface area contributed by atoms with E-state index in [9.17, 15) is 0 Å². The molecule has 0 amide bonds. The van der Waals surface area contributed by atoms with Gasteiger partial charge in [-0.05, 0) is 17.0 Å². The topological polar surface area (TPSA) is 0 Å². The largest absolute Gasteiger partial charge is 0.0732 e. The Hall–Kier alpha value is -0.560. The van der Waals surface area contributed by atoms with E-state index >= 15 is 0 Å². The van der Waals surface area contributed by atoms with Crippen LogP contribution in [0.25, 0.3) is 0 Å². The third kappa shape index (κ3) is 2.36. The first-order valence-corrected chi connectivity index (χ1v) is 4.14. The average molecular weight is 197 g/mol. The highest BCUT2D eigenvalue weighted by Gasteiger charge is 1.83. The molecule has 10 heavy (non-hydrogen) atoms. The fourth-order valence-electron chi connectivity index (χ4n) is 0.795. The van der Waals surface area contributed by atoms with Gasteiger partial charge in [0.15, 0.2) is 0 Å². The molecule has 0 radical (unpaired) electrons. The summed E-state index contributed by atoms with van der Waals surface area (Å²) in [5, 5.41) is 0. The molecule has 1 rings (SSSR count). The summed E-state index contributed by atoms with van der Waals surface area (Å²) < 4.78 is 0. The molecular weight excluding hydrogens is 188 g/mol. The monoisotopic (exact) mass is 196 g/mol. The molecule has 0 aliphatic rings. The second-order valence-corrected chi connectivity index (χ2v) is 2.58. The van der Waals surface area contributed by atoms with Gasteiger partial charge in [0.1, 0.15) is 0 Å². The molecule has 1 aromatic rings.